The van der Waals surface area contributed by atoms with Crippen LogP contribution in [0.2, 0.25) is 0 Å². The number of likely N-dealkylation sites (N-methyl/N-ethyl adjacent to an activating group) is 2. The maximum atomic E-state index is 12.4. The summed E-state index contributed by atoms with van der Waals surface area (Å²) in [4.78, 5) is 17.2. The number of carbonyl (C=O) groups excluding carboxylic acids is 1. The van der Waals surface area contributed by atoms with E-state index in [-0.39, 0.29) is 87.8 Å². The predicted octanol–water partition coefficient (Wildman–Crippen LogP) is -2.18. The smallest absolute Gasteiger partial charge is 1.00 e. The van der Waals surface area contributed by atoms with E-state index in [2.05, 4.69) is 23.9 Å². The molecule has 7 rings (SSSR count). The molecule has 6 unspecified atom stereocenters. The second-order valence-electron chi connectivity index (χ2n) is 10.8. The Hall–Kier alpha value is -0.0451. The molecule has 6 fully saturated rings. The van der Waals surface area contributed by atoms with Crippen molar-refractivity contribution in [2.24, 2.45) is 0 Å². The van der Waals surface area contributed by atoms with Crippen molar-refractivity contribution in [3.8, 4) is 0 Å². The third-order valence-electron chi connectivity index (χ3n) is 8.72. The van der Waals surface area contributed by atoms with E-state index in [1.165, 1.54) is 0 Å². The Morgan fingerprint density at radius 2 is 1.36 bits per heavy atom. The maximum absolute atomic E-state index is 12.4. The molecular weight excluding hydrogens is 578 g/mol. The Morgan fingerprint density at radius 1 is 0.949 bits per heavy atom. The molecule has 0 amide bonds. The van der Waals surface area contributed by atoms with Crippen molar-refractivity contribution < 1.29 is 65.3 Å². The number of carbonyl (C=O) groups is 1. The molecule has 9 nitrogen and oxygen atoms in total. The molecule has 0 saturated carbocycles. The Labute approximate surface area is 267 Å². The third-order valence-corrected chi connectivity index (χ3v) is 8.72. The van der Waals surface area contributed by atoms with E-state index < -0.39 is 5.92 Å². The van der Waals surface area contributed by atoms with E-state index >= 15 is 0 Å². The van der Waals surface area contributed by atoms with Gasteiger partial charge in [-0.25, -0.2) is 0 Å². The number of epoxide rings is 2. The van der Waals surface area contributed by atoms with Crippen molar-refractivity contribution in [3.63, 3.8) is 0 Å². The van der Waals surface area contributed by atoms with Gasteiger partial charge >= 0.3 is 35.5 Å². The first-order valence-electron chi connectivity index (χ1n) is 13.3. The summed E-state index contributed by atoms with van der Waals surface area (Å²) >= 11 is 0. The van der Waals surface area contributed by atoms with Gasteiger partial charge in [-0.15, -0.1) is 17.0 Å². The molecule has 3 N–H and O–H groups in total. The zero-order valence-electron chi connectivity index (χ0n) is 24.3. The summed E-state index contributed by atoms with van der Waals surface area (Å²) in [5.41, 5.74) is 0.803. The minimum atomic E-state index is -0.593. The van der Waals surface area contributed by atoms with Crippen molar-refractivity contribution in [2.45, 2.75) is 99.3 Å². The molecule has 6 aliphatic rings. The van der Waals surface area contributed by atoms with Crippen LogP contribution in [-0.2, 0) is 19.0 Å². The third kappa shape index (κ3) is 7.31. The van der Waals surface area contributed by atoms with Gasteiger partial charge in [-0.05, 0) is 39.4 Å². The molecule has 1 aromatic rings. The molecule has 12 heteroatoms. The van der Waals surface area contributed by atoms with Crippen LogP contribution in [0.3, 0.4) is 0 Å². The fourth-order valence-electron chi connectivity index (χ4n) is 6.76. The molecular formula is C27H42BBrN2NaO7. The molecule has 6 heterocycles. The minimum Gasteiger partial charge on any atom is -1.00 e. The molecule has 4 bridgehead atoms. The maximum Gasteiger partial charge on any atom is 1.00 e. The van der Waals surface area contributed by atoms with E-state index in [0.29, 0.717) is 48.6 Å². The van der Waals surface area contributed by atoms with Gasteiger partial charge < -0.3 is 31.0 Å². The molecule has 6 saturated heterocycles. The van der Waals surface area contributed by atoms with Crippen molar-refractivity contribution in [3.05, 3.63) is 35.9 Å². The number of benzene rings is 1. The Morgan fingerprint density at radius 3 is 1.77 bits per heavy atom. The second kappa shape index (κ2) is 14.9. The van der Waals surface area contributed by atoms with Crippen LogP contribution in [0.4, 0.5) is 0 Å². The van der Waals surface area contributed by atoms with Gasteiger partial charge in [0.1, 0.15) is 36.4 Å². The van der Waals surface area contributed by atoms with Gasteiger partial charge in [0.25, 0.3) is 0 Å². The van der Waals surface area contributed by atoms with E-state index in [9.17, 15) is 15.0 Å². The number of esters is 1. The standard InChI is InChI=1S/C17H21NO4.C8H13NO2.C2H6O.B.BrH.Na.H/c1-18-13-7-11(8-14(18)16-15(13)22-16)21-17(20)12(9-19)10-5-3-2-4-6-10;1-9-5-2-4(10)3-6(9)8-7(5)11-8;1-2-3;;;;/h2-6,11-16,19H,7-9H2,1H3;4-8,10H,2-3H2,1H3;3H,2H2,1H3;;1H;;/q;;;;;+1;-1/t11?,12-,13?,14?,15-,16+;4?,5?,6?,7-,8+;;;;;/m1....../s1. The summed E-state index contributed by atoms with van der Waals surface area (Å²) in [6.45, 7) is 1.71. The van der Waals surface area contributed by atoms with Crippen molar-refractivity contribution in [1.82, 2.24) is 9.80 Å². The van der Waals surface area contributed by atoms with Crippen LogP contribution in [0.1, 0.15) is 45.5 Å². The van der Waals surface area contributed by atoms with Gasteiger partial charge in [0.2, 0.25) is 0 Å². The fraction of sp³-hybridized carbons (Fsp3) is 0.741. The summed E-state index contributed by atoms with van der Waals surface area (Å²) in [7, 11) is 4.28. The summed E-state index contributed by atoms with van der Waals surface area (Å²) in [5, 5.41) is 26.6. The Balaban J connectivity index is 0.000000378. The van der Waals surface area contributed by atoms with E-state index in [0.717, 1.165) is 31.2 Å². The van der Waals surface area contributed by atoms with Gasteiger partial charge in [-0.2, -0.15) is 0 Å². The zero-order valence-corrected chi connectivity index (χ0v) is 27.0. The first-order valence-corrected chi connectivity index (χ1v) is 13.3. The number of nitrogens with zero attached hydrogens (tertiary/aromatic N) is 2. The number of morpholine rings is 2. The summed E-state index contributed by atoms with van der Waals surface area (Å²) in [6, 6.07) is 11.1. The zero-order chi connectivity index (χ0) is 25.6. The van der Waals surface area contributed by atoms with Gasteiger partial charge in [0.05, 0.1) is 12.7 Å². The normalized spacial score (nSPS) is 38.8. The number of fused-ring (bicyclic) bond motifs is 10. The van der Waals surface area contributed by atoms with E-state index in [1.54, 1.807) is 6.92 Å². The molecule has 3 radical (unpaired) electrons. The van der Waals surface area contributed by atoms with Crippen LogP contribution in [0.25, 0.3) is 0 Å². The molecule has 39 heavy (non-hydrogen) atoms. The average molecular weight is 620 g/mol. The summed E-state index contributed by atoms with van der Waals surface area (Å²) < 4.78 is 16.9. The van der Waals surface area contributed by atoms with Crippen LogP contribution in [0.5, 0.6) is 0 Å². The first kappa shape index (κ1) is 35.2. The SMILES string of the molecule is Br.CCO.CN1C2CC(O)CC1[C@@H]1O[C@H]21.CN1C2CC(OC(=O)[C@H](CO)c3ccccc3)CC1[C@@H]1O[C@H]21.[B].[H-].[Na+]. The largest absolute Gasteiger partial charge is 1.00 e. The molecule has 213 valence electrons. The molecule has 11 atom stereocenters. The summed E-state index contributed by atoms with van der Waals surface area (Å²) in [5.74, 6) is -0.915. The van der Waals surface area contributed by atoms with Gasteiger partial charge in [-0.3, -0.25) is 14.6 Å². The quantitative estimate of drug-likeness (QED) is 0.196. The van der Waals surface area contributed by atoms with E-state index in [1.807, 2.05) is 30.3 Å². The number of aliphatic hydroxyl groups is 3. The summed E-state index contributed by atoms with van der Waals surface area (Å²) in [6.07, 6.45) is 4.93. The fourth-order valence-corrected chi connectivity index (χ4v) is 6.76. The first-order chi connectivity index (χ1) is 17.4. The minimum absolute atomic E-state index is 0. The number of aliphatic hydroxyl groups excluding tert-OH is 3. The van der Waals surface area contributed by atoms with Gasteiger partial charge in [0, 0.05) is 52.0 Å². The van der Waals surface area contributed by atoms with Crippen LogP contribution in [0.15, 0.2) is 30.3 Å². The van der Waals surface area contributed by atoms with Crippen molar-refractivity contribution in [1.29, 1.82) is 0 Å². The van der Waals surface area contributed by atoms with Crippen molar-refractivity contribution >= 4 is 31.4 Å². The Bertz CT molecular complexity index is 894. The molecule has 0 aromatic heterocycles. The number of hydrogen-bond acceptors (Lipinski definition) is 9. The van der Waals surface area contributed by atoms with Crippen molar-refractivity contribution in [2.75, 3.05) is 27.3 Å². The number of ether oxygens (including phenoxy) is 3. The van der Waals surface area contributed by atoms with Crippen LogP contribution in [0, 0.1) is 0 Å². The molecule has 1 aromatic carbocycles. The van der Waals surface area contributed by atoms with Gasteiger partial charge in [0.15, 0.2) is 0 Å². The molecule has 0 spiro atoms. The number of rotatable bonds is 4. The monoisotopic (exact) mass is 619 g/mol. The average Bonchev–Trinajstić information content (AvgIpc) is 3.75. The van der Waals surface area contributed by atoms with Crippen LogP contribution >= 0.6 is 17.0 Å². The number of piperidine rings is 2. The number of halogens is 1. The molecule has 0 aliphatic carbocycles. The molecule has 6 aliphatic heterocycles. The van der Waals surface area contributed by atoms with Crippen LogP contribution < -0.4 is 29.6 Å². The van der Waals surface area contributed by atoms with Crippen LogP contribution in [-0.4, -0.2) is 128 Å². The second-order valence-corrected chi connectivity index (χ2v) is 10.8. The van der Waals surface area contributed by atoms with Gasteiger partial charge in [-0.1, -0.05) is 30.3 Å². The van der Waals surface area contributed by atoms with E-state index in [4.69, 9.17) is 19.3 Å². The Kier molecular flexibility index (Phi) is 13.4. The number of hydrogen-bond donors (Lipinski definition) is 3. The predicted molar refractivity (Wildman–Crippen MR) is 149 cm³/mol. The topological polar surface area (TPSA) is 119 Å².